The van der Waals surface area contributed by atoms with E-state index in [-0.39, 0.29) is 12.0 Å². The molecule has 1 aromatic rings. The van der Waals surface area contributed by atoms with Gasteiger partial charge in [0.2, 0.25) is 5.88 Å². The average molecular weight is 154 g/mol. The largest absolute Gasteiger partial charge is 0.493 e. The van der Waals surface area contributed by atoms with E-state index in [9.17, 15) is 0 Å². The number of H-pyrrole nitrogens is 1. The number of rotatable bonds is 1. The molecule has 1 fully saturated rings. The molecule has 1 aromatic heterocycles. The minimum atomic E-state index is 0.0656. The molecule has 0 aliphatic carbocycles. The lowest BCUT2D eigenvalue weighted by molar-refractivity contribution is 0.105. The monoisotopic (exact) mass is 154 g/mol. The van der Waals surface area contributed by atoms with Crippen molar-refractivity contribution < 1.29 is 9.84 Å². The predicted molar refractivity (Wildman–Crippen MR) is 38.2 cm³/mol. The number of aromatic amines is 1. The third kappa shape index (κ3) is 1.21. The van der Waals surface area contributed by atoms with Crippen LogP contribution in [0, 0.1) is 0 Å². The van der Waals surface area contributed by atoms with Crippen LogP contribution >= 0.6 is 0 Å². The summed E-state index contributed by atoms with van der Waals surface area (Å²) in [5.74, 6) is 0.843. The van der Waals surface area contributed by atoms with Crippen molar-refractivity contribution in [3.63, 3.8) is 0 Å². The van der Waals surface area contributed by atoms with Crippen LogP contribution in [0.4, 0.5) is 0 Å². The Morgan fingerprint density at radius 1 is 1.73 bits per heavy atom. The Hall–Kier alpha value is -1.03. The Labute approximate surface area is 64.2 Å². The fourth-order valence-electron chi connectivity index (χ4n) is 1.28. The van der Waals surface area contributed by atoms with E-state index in [0.29, 0.717) is 0 Å². The molecule has 0 amide bonds. The molecule has 1 aliphatic heterocycles. The summed E-state index contributed by atoms with van der Waals surface area (Å²) in [5, 5.41) is 8.94. The second-order valence-corrected chi connectivity index (χ2v) is 2.66. The van der Waals surface area contributed by atoms with Crippen LogP contribution in [0.25, 0.3) is 0 Å². The molecule has 1 saturated heterocycles. The molecular weight excluding hydrogens is 144 g/mol. The smallest absolute Gasteiger partial charge is 0.208 e. The second kappa shape index (κ2) is 2.54. The molecule has 0 radical (unpaired) electrons. The zero-order valence-corrected chi connectivity index (χ0v) is 6.08. The first-order chi connectivity index (χ1) is 5.36. The summed E-state index contributed by atoms with van der Waals surface area (Å²) in [6, 6.07) is 0. The zero-order chi connectivity index (χ0) is 7.68. The van der Waals surface area contributed by atoms with Crippen molar-refractivity contribution in [2.24, 2.45) is 0 Å². The van der Waals surface area contributed by atoms with Gasteiger partial charge in [0, 0.05) is 6.61 Å². The van der Waals surface area contributed by atoms with E-state index >= 15 is 0 Å². The highest BCUT2D eigenvalue weighted by molar-refractivity contribution is 5.07. The summed E-state index contributed by atoms with van der Waals surface area (Å²) >= 11 is 0. The quantitative estimate of drug-likeness (QED) is 0.633. The highest BCUT2D eigenvalue weighted by Crippen LogP contribution is 2.26. The van der Waals surface area contributed by atoms with Gasteiger partial charge in [-0.15, -0.1) is 0 Å². The van der Waals surface area contributed by atoms with Crippen molar-refractivity contribution in [2.75, 3.05) is 6.61 Å². The minimum Gasteiger partial charge on any atom is -0.493 e. The summed E-state index contributed by atoms with van der Waals surface area (Å²) in [5.41, 5.74) is 0. The fraction of sp³-hybridized carbons (Fsp3) is 0.571. The maximum Gasteiger partial charge on any atom is 0.208 e. The molecule has 2 N–H and O–H groups in total. The molecule has 0 bridgehead atoms. The second-order valence-electron chi connectivity index (χ2n) is 2.66. The fourth-order valence-corrected chi connectivity index (χ4v) is 1.28. The van der Waals surface area contributed by atoms with Crippen molar-refractivity contribution in [2.45, 2.75) is 18.9 Å². The zero-order valence-electron chi connectivity index (χ0n) is 6.08. The van der Waals surface area contributed by atoms with Gasteiger partial charge in [0.05, 0.1) is 6.20 Å². The molecule has 11 heavy (non-hydrogen) atoms. The molecule has 0 spiro atoms. The molecule has 0 aromatic carbocycles. The van der Waals surface area contributed by atoms with Gasteiger partial charge in [-0.05, 0) is 12.8 Å². The van der Waals surface area contributed by atoms with E-state index in [1.54, 1.807) is 0 Å². The van der Waals surface area contributed by atoms with Crippen LogP contribution in [-0.4, -0.2) is 21.7 Å². The van der Waals surface area contributed by atoms with Crippen molar-refractivity contribution in [3.05, 3.63) is 12.0 Å². The summed E-state index contributed by atoms with van der Waals surface area (Å²) < 4.78 is 5.35. The van der Waals surface area contributed by atoms with Gasteiger partial charge in [0.25, 0.3) is 0 Å². The summed E-state index contributed by atoms with van der Waals surface area (Å²) in [4.78, 5) is 6.70. The summed E-state index contributed by atoms with van der Waals surface area (Å²) in [6.07, 6.45) is 3.53. The number of hydrogen-bond donors (Lipinski definition) is 2. The molecule has 2 heterocycles. The maximum atomic E-state index is 8.94. The molecule has 4 heteroatoms. The van der Waals surface area contributed by atoms with Gasteiger partial charge in [-0.3, -0.25) is 0 Å². The van der Waals surface area contributed by atoms with E-state index in [2.05, 4.69) is 9.97 Å². The Morgan fingerprint density at radius 3 is 3.18 bits per heavy atom. The van der Waals surface area contributed by atoms with Crippen molar-refractivity contribution in [3.8, 4) is 5.88 Å². The number of nitrogens with zero attached hydrogens (tertiary/aromatic N) is 1. The molecule has 1 aliphatic rings. The molecule has 4 nitrogen and oxygen atoms in total. The van der Waals surface area contributed by atoms with Gasteiger partial charge in [-0.2, -0.15) is 0 Å². The minimum absolute atomic E-state index is 0.0656. The third-order valence-electron chi connectivity index (χ3n) is 1.82. The Balaban J connectivity index is 2.15. The van der Waals surface area contributed by atoms with E-state index in [1.165, 1.54) is 6.20 Å². The Bertz CT molecular complexity index is 240. The number of ether oxygens (including phenoxy) is 1. The van der Waals surface area contributed by atoms with Gasteiger partial charge in [-0.25, -0.2) is 4.98 Å². The average Bonchev–Trinajstić information content (AvgIpc) is 2.55. The molecule has 60 valence electrons. The van der Waals surface area contributed by atoms with Crippen LogP contribution in [-0.2, 0) is 4.74 Å². The first-order valence-corrected chi connectivity index (χ1v) is 3.72. The molecule has 0 saturated carbocycles. The van der Waals surface area contributed by atoms with Gasteiger partial charge >= 0.3 is 0 Å². The van der Waals surface area contributed by atoms with Crippen LogP contribution < -0.4 is 0 Å². The van der Waals surface area contributed by atoms with Gasteiger partial charge in [0.1, 0.15) is 11.9 Å². The highest BCUT2D eigenvalue weighted by atomic mass is 16.5. The standard InChI is InChI=1S/C7H10N2O2/c10-6-4-8-7(9-6)5-2-1-3-11-5/h4-5,10H,1-3H2,(H,8,9). The van der Waals surface area contributed by atoms with Crippen molar-refractivity contribution in [1.29, 1.82) is 0 Å². The van der Waals surface area contributed by atoms with E-state index in [4.69, 9.17) is 9.84 Å². The van der Waals surface area contributed by atoms with Crippen molar-refractivity contribution >= 4 is 0 Å². The van der Waals surface area contributed by atoms with E-state index < -0.39 is 0 Å². The molecule has 1 atom stereocenters. The van der Waals surface area contributed by atoms with Gasteiger partial charge < -0.3 is 14.8 Å². The summed E-state index contributed by atoms with van der Waals surface area (Å²) in [7, 11) is 0. The van der Waals surface area contributed by atoms with Crippen LogP contribution in [0.2, 0.25) is 0 Å². The normalized spacial score (nSPS) is 24.2. The lowest BCUT2D eigenvalue weighted by Gasteiger charge is -2.03. The number of imidazole rings is 1. The summed E-state index contributed by atoms with van der Waals surface area (Å²) in [6.45, 7) is 0.798. The van der Waals surface area contributed by atoms with Crippen LogP contribution in [0.3, 0.4) is 0 Å². The lowest BCUT2D eigenvalue weighted by Crippen LogP contribution is -1.97. The first kappa shape index (κ1) is 6.67. The van der Waals surface area contributed by atoms with Gasteiger partial charge in [-0.1, -0.05) is 0 Å². The van der Waals surface area contributed by atoms with E-state index in [1.807, 2.05) is 0 Å². The highest BCUT2D eigenvalue weighted by Gasteiger charge is 2.20. The topological polar surface area (TPSA) is 58.1 Å². The predicted octanol–water partition coefficient (Wildman–Crippen LogP) is 0.967. The van der Waals surface area contributed by atoms with Crippen LogP contribution in [0.1, 0.15) is 24.8 Å². The first-order valence-electron chi connectivity index (χ1n) is 3.72. The maximum absolute atomic E-state index is 8.94. The number of aromatic nitrogens is 2. The van der Waals surface area contributed by atoms with Crippen LogP contribution in [0.5, 0.6) is 5.88 Å². The molecule has 2 rings (SSSR count). The number of hydrogen-bond acceptors (Lipinski definition) is 3. The van der Waals surface area contributed by atoms with Gasteiger partial charge in [0.15, 0.2) is 0 Å². The third-order valence-corrected chi connectivity index (χ3v) is 1.82. The lowest BCUT2D eigenvalue weighted by atomic mass is 10.2. The number of nitrogens with one attached hydrogen (secondary N) is 1. The van der Waals surface area contributed by atoms with Crippen LogP contribution in [0.15, 0.2) is 6.20 Å². The molecule has 1 unspecified atom stereocenters. The SMILES string of the molecule is Oc1cnc(C2CCCO2)[nH]1. The molecular formula is C7H10N2O2. The number of aromatic hydroxyl groups is 1. The van der Waals surface area contributed by atoms with Crippen molar-refractivity contribution in [1.82, 2.24) is 9.97 Å². The Morgan fingerprint density at radius 2 is 2.64 bits per heavy atom. The Kier molecular flexibility index (Phi) is 1.54. The van der Waals surface area contributed by atoms with E-state index in [0.717, 1.165) is 25.3 Å².